The normalized spacial score (nSPS) is 12.3. The van der Waals surface area contributed by atoms with Gasteiger partial charge in [0.05, 0.1) is 10.6 Å². The van der Waals surface area contributed by atoms with E-state index >= 15 is 0 Å². The molecule has 10 heteroatoms. The first kappa shape index (κ1) is 34.2. The predicted molar refractivity (Wildman–Crippen MR) is 184 cm³/mol. The SMILES string of the molecule is Cc1c(Cl)cccc1N(CC(=O)N(Cc1ccc(Br)cc1)[C@@H](Cc1ccccc1)C(=O)NC(C)(C)C)S(=O)(=O)c1ccccc1. The Morgan fingerprint density at radius 2 is 1.44 bits per heavy atom. The fraction of sp³-hybridized carbons (Fsp3) is 0.257. The van der Waals surface area contributed by atoms with E-state index in [9.17, 15) is 18.0 Å². The molecule has 0 saturated heterocycles. The fourth-order valence-corrected chi connectivity index (χ4v) is 6.82. The van der Waals surface area contributed by atoms with Crippen LogP contribution in [0.5, 0.6) is 0 Å². The van der Waals surface area contributed by atoms with Crippen LogP contribution >= 0.6 is 27.5 Å². The largest absolute Gasteiger partial charge is 0.350 e. The van der Waals surface area contributed by atoms with Gasteiger partial charge in [-0.15, -0.1) is 0 Å². The molecule has 0 aromatic heterocycles. The molecule has 1 atom stereocenters. The van der Waals surface area contributed by atoms with Gasteiger partial charge in [-0.05, 0) is 80.8 Å². The lowest BCUT2D eigenvalue weighted by molar-refractivity contribution is -0.140. The van der Waals surface area contributed by atoms with Gasteiger partial charge in [-0.1, -0.05) is 94.3 Å². The van der Waals surface area contributed by atoms with Crippen molar-refractivity contribution in [2.75, 3.05) is 10.8 Å². The summed E-state index contributed by atoms with van der Waals surface area (Å²) in [6.45, 7) is 6.87. The average Bonchev–Trinajstić information content (AvgIpc) is 3.00. The Labute approximate surface area is 279 Å². The van der Waals surface area contributed by atoms with Crippen molar-refractivity contribution in [2.24, 2.45) is 0 Å². The highest BCUT2D eigenvalue weighted by Crippen LogP contribution is 2.31. The van der Waals surface area contributed by atoms with Crippen LogP contribution in [0.4, 0.5) is 5.69 Å². The molecule has 2 amide bonds. The highest BCUT2D eigenvalue weighted by Gasteiger charge is 2.36. The van der Waals surface area contributed by atoms with E-state index in [1.807, 2.05) is 75.4 Å². The Bertz CT molecular complexity index is 1730. The molecule has 0 spiro atoms. The van der Waals surface area contributed by atoms with E-state index in [2.05, 4.69) is 21.2 Å². The zero-order chi connectivity index (χ0) is 32.8. The summed E-state index contributed by atoms with van der Waals surface area (Å²) in [5, 5.41) is 3.40. The van der Waals surface area contributed by atoms with Crippen LogP contribution in [0.2, 0.25) is 5.02 Å². The summed E-state index contributed by atoms with van der Waals surface area (Å²) in [6.07, 6.45) is 0.229. The van der Waals surface area contributed by atoms with Crippen LogP contribution in [0, 0.1) is 6.92 Å². The Balaban J connectivity index is 1.84. The van der Waals surface area contributed by atoms with Crippen LogP contribution in [-0.2, 0) is 32.6 Å². The second-order valence-corrected chi connectivity index (χ2v) is 15.0. The summed E-state index contributed by atoms with van der Waals surface area (Å²) in [5.74, 6) is -0.880. The van der Waals surface area contributed by atoms with Crippen LogP contribution in [0.15, 0.2) is 112 Å². The maximum absolute atomic E-state index is 14.6. The molecule has 0 bridgehead atoms. The van der Waals surface area contributed by atoms with Crippen molar-refractivity contribution in [3.63, 3.8) is 0 Å². The maximum Gasteiger partial charge on any atom is 0.264 e. The van der Waals surface area contributed by atoms with Crippen molar-refractivity contribution >= 4 is 55.1 Å². The highest BCUT2D eigenvalue weighted by atomic mass is 79.9. The molecule has 0 aliphatic rings. The molecule has 45 heavy (non-hydrogen) atoms. The van der Waals surface area contributed by atoms with E-state index in [1.165, 1.54) is 17.0 Å². The van der Waals surface area contributed by atoms with E-state index in [-0.39, 0.29) is 29.5 Å². The number of hydrogen-bond donors (Lipinski definition) is 1. The first-order valence-corrected chi connectivity index (χ1v) is 17.1. The molecule has 0 unspecified atom stereocenters. The second-order valence-electron chi connectivity index (χ2n) is 11.8. The Kier molecular flexibility index (Phi) is 11.1. The van der Waals surface area contributed by atoms with Crippen LogP contribution < -0.4 is 9.62 Å². The zero-order valence-electron chi connectivity index (χ0n) is 25.7. The monoisotopic (exact) mass is 709 g/mol. The standard InChI is InChI=1S/C35H37BrClN3O4S/c1-25-30(37)16-11-17-31(25)40(45(43,44)29-14-9-6-10-15-29)24-33(41)39(23-27-18-20-28(36)21-19-27)32(34(42)38-35(2,3)4)22-26-12-7-5-8-13-26/h5-21,32H,22-24H2,1-4H3,(H,38,42)/t32-/m0/s1. The highest BCUT2D eigenvalue weighted by molar-refractivity contribution is 9.10. The van der Waals surface area contributed by atoms with Crippen molar-refractivity contribution in [1.29, 1.82) is 0 Å². The molecule has 0 aliphatic carbocycles. The molecule has 4 aromatic rings. The van der Waals surface area contributed by atoms with E-state index in [0.29, 0.717) is 10.6 Å². The smallest absolute Gasteiger partial charge is 0.264 e. The lowest BCUT2D eigenvalue weighted by atomic mass is 10.0. The molecular weight excluding hydrogens is 674 g/mol. The molecule has 0 fully saturated rings. The summed E-state index contributed by atoms with van der Waals surface area (Å²) in [4.78, 5) is 30.0. The maximum atomic E-state index is 14.6. The number of halogens is 2. The number of rotatable bonds is 11. The molecule has 236 valence electrons. The van der Waals surface area contributed by atoms with Gasteiger partial charge in [0.2, 0.25) is 11.8 Å². The van der Waals surface area contributed by atoms with Gasteiger partial charge >= 0.3 is 0 Å². The Morgan fingerprint density at radius 3 is 2.04 bits per heavy atom. The summed E-state index contributed by atoms with van der Waals surface area (Å²) < 4.78 is 30.3. The van der Waals surface area contributed by atoms with Gasteiger partial charge in [-0.2, -0.15) is 0 Å². The van der Waals surface area contributed by atoms with Crippen molar-refractivity contribution in [3.8, 4) is 0 Å². The Hall–Kier alpha value is -3.66. The minimum atomic E-state index is -4.21. The predicted octanol–water partition coefficient (Wildman–Crippen LogP) is 7.16. The van der Waals surface area contributed by atoms with Crippen molar-refractivity contribution < 1.29 is 18.0 Å². The minimum Gasteiger partial charge on any atom is -0.350 e. The molecular formula is C35H37BrClN3O4S. The van der Waals surface area contributed by atoms with E-state index in [4.69, 9.17) is 11.6 Å². The average molecular weight is 711 g/mol. The number of amides is 2. The topological polar surface area (TPSA) is 86.8 Å². The Morgan fingerprint density at radius 1 is 0.844 bits per heavy atom. The molecule has 0 aliphatic heterocycles. The number of anilines is 1. The van der Waals surface area contributed by atoms with Gasteiger partial charge in [0.15, 0.2) is 0 Å². The van der Waals surface area contributed by atoms with Gasteiger partial charge in [-0.25, -0.2) is 8.42 Å². The fourth-order valence-electron chi connectivity index (χ4n) is 4.89. The minimum absolute atomic E-state index is 0.0305. The van der Waals surface area contributed by atoms with E-state index in [1.54, 1.807) is 43.3 Å². The number of nitrogens with zero attached hydrogens (tertiary/aromatic N) is 2. The quantitative estimate of drug-likeness (QED) is 0.179. The first-order valence-electron chi connectivity index (χ1n) is 14.5. The first-order chi connectivity index (χ1) is 21.3. The summed E-state index contributed by atoms with van der Waals surface area (Å²) in [5.41, 5.74) is 1.86. The number of hydrogen-bond acceptors (Lipinski definition) is 4. The van der Waals surface area contributed by atoms with Crippen LogP contribution in [0.1, 0.15) is 37.5 Å². The van der Waals surface area contributed by atoms with Gasteiger partial charge in [0, 0.05) is 28.0 Å². The van der Waals surface area contributed by atoms with Crippen LogP contribution in [0.25, 0.3) is 0 Å². The summed E-state index contributed by atoms with van der Waals surface area (Å²) in [6, 6.07) is 28.9. The summed E-state index contributed by atoms with van der Waals surface area (Å²) >= 11 is 9.90. The number of carbonyl (C=O) groups excluding carboxylic acids is 2. The number of sulfonamides is 1. The molecule has 1 N–H and O–H groups in total. The molecule has 0 saturated carbocycles. The lowest BCUT2D eigenvalue weighted by Crippen LogP contribution is -2.56. The van der Waals surface area contributed by atoms with E-state index < -0.39 is 34.1 Å². The van der Waals surface area contributed by atoms with Gasteiger partial charge in [0.1, 0.15) is 12.6 Å². The lowest BCUT2D eigenvalue weighted by Gasteiger charge is -2.35. The zero-order valence-corrected chi connectivity index (χ0v) is 28.9. The van der Waals surface area contributed by atoms with E-state index in [0.717, 1.165) is 19.9 Å². The molecule has 4 aromatic carbocycles. The third-order valence-electron chi connectivity index (χ3n) is 7.15. The number of benzene rings is 4. The van der Waals surface area contributed by atoms with Crippen LogP contribution in [-0.4, -0.2) is 43.3 Å². The van der Waals surface area contributed by atoms with Gasteiger partial charge < -0.3 is 10.2 Å². The third-order valence-corrected chi connectivity index (χ3v) is 9.87. The third kappa shape index (κ3) is 8.96. The van der Waals surface area contributed by atoms with Crippen molar-refractivity contribution in [2.45, 2.75) is 57.1 Å². The molecule has 0 radical (unpaired) electrons. The molecule has 4 rings (SSSR count). The molecule has 0 heterocycles. The van der Waals surface area contributed by atoms with Crippen molar-refractivity contribution in [1.82, 2.24) is 10.2 Å². The number of nitrogens with one attached hydrogen (secondary N) is 1. The van der Waals surface area contributed by atoms with Crippen molar-refractivity contribution in [3.05, 3.63) is 129 Å². The van der Waals surface area contributed by atoms with Crippen LogP contribution in [0.3, 0.4) is 0 Å². The van der Waals surface area contributed by atoms with Gasteiger partial charge in [-0.3, -0.25) is 13.9 Å². The second kappa shape index (κ2) is 14.6. The summed E-state index contributed by atoms with van der Waals surface area (Å²) in [7, 11) is -4.21. The number of carbonyl (C=O) groups is 2. The molecule has 7 nitrogen and oxygen atoms in total. The van der Waals surface area contributed by atoms with Gasteiger partial charge in [0.25, 0.3) is 10.0 Å².